The Hall–Kier alpha value is -1.47. The third-order valence-corrected chi connectivity index (χ3v) is 7.37. The Morgan fingerprint density at radius 1 is 1.22 bits per heavy atom. The van der Waals surface area contributed by atoms with E-state index >= 15 is 0 Å². The monoisotopic (exact) mass is 387 g/mol. The smallest absolute Gasteiger partial charge is 0.122 e. The molecule has 1 aromatic carbocycles. The van der Waals surface area contributed by atoms with E-state index in [2.05, 4.69) is 17.1 Å². The number of rotatable bonds is 5. The highest BCUT2D eigenvalue weighted by atomic mass is 32.1. The molecule has 1 saturated heterocycles. The van der Waals surface area contributed by atoms with Gasteiger partial charge in [-0.3, -0.25) is 0 Å². The van der Waals surface area contributed by atoms with Gasteiger partial charge in [0.2, 0.25) is 0 Å². The molecule has 5 nitrogen and oxygen atoms in total. The minimum absolute atomic E-state index is 0.0172. The average Bonchev–Trinajstić information content (AvgIpc) is 3.25. The van der Waals surface area contributed by atoms with Gasteiger partial charge >= 0.3 is 0 Å². The van der Waals surface area contributed by atoms with E-state index in [1.165, 1.54) is 17.5 Å². The fourth-order valence-corrected chi connectivity index (χ4v) is 5.62. The zero-order chi connectivity index (χ0) is 18.4. The van der Waals surface area contributed by atoms with Gasteiger partial charge in [-0.1, -0.05) is 6.07 Å². The molecule has 2 N–H and O–H groups in total. The summed E-state index contributed by atoms with van der Waals surface area (Å²) in [5.74, 6) is 1.37. The quantitative estimate of drug-likeness (QED) is 0.825. The Kier molecular flexibility index (Phi) is 4.68. The van der Waals surface area contributed by atoms with Gasteiger partial charge in [-0.2, -0.15) is 0 Å². The summed E-state index contributed by atoms with van der Waals surface area (Å²) in [6.45, 7) is 0.511. The summed E-state index contributed by atoms with van der Waals surface area (Å²) in [6.07, 6.45) is 4.57. The van der Waals surface area contributed by atoms with Crippen LogP contribution in [0.5, 0.6) is 5.75 Å². The summed E-state index contributed by atoms with van der Waals surface area (Å²) in [6, 6.07) is 6.35. The summed E-state index contributed by atoms with van der Waals surface area (Å²) < 4.78 is 12.4. The maximum Gasteiger partial charge on any atom is 0.122 e. The lowest BCUT2D eigenvalue weighted by Gasteiger charge is -2.34. The first-order valence-electron chi connectivity index (χ1n) is 9.84. The summed E-state index contributed by atoms with van der Waals surface area (Å²) in [5.41, 5.74) is 3.53. The van der Waals surface area contributed by atoms with Gasteiger partial charge in [0.1, 0.15) is 16.9 Å². The number of aryl methyl sites for hydroxylation is 2. The molecule has 2 aromatic rings. The van der Waals surface area contributed by atoms with E-state index in [-0.39, 0.29) is 30.8 Å². The van der Waals surface area contributed by atoms with E-state index in [1.54, 1.807) is 11.3 Å². The number of thiazole rings is 1. The molecular weight excluding hydrogens is 362 g/mol. The number of aliphatic hydroxyl groups excluding tert-OH is 2. The lowest BCUT2D eigenvalue weighted by molar-refractivity contribution is -0.0812. The molecule has 144 valence electrons. The van der Waals surface area contributed by atoms with Gasteiger partial charge in [-0.15, -0.1) is 11.3 Å². The largest absolute Gasteiger partial charge is 0.493 e. The summed E-state index contributed by atoms with van der Waals surface area (Å²) in [5, 5.41) is 22.6. The first-order chi connectivity index (χ1) is 13.2. The third kappa shape index (κ3) is 3.29. The highest BCUT2D eigenvalue weighted by Gasteiger charge is 2.47. The molecule has 5 rings (SSSR count). The molecular formula is C21H25NO4S. The van der Waals surface area contributed by atoms with Crippen LogP contribution < -0.4 is 4.74 Å². The predicted octanol–water partition coefficient (Wildman–Crippen LogP) is 3.03. The first kappa shape index (κ1) is 17.6. The highest BCUT2D eigenvalue weighted by molar-refractivity contribution is 7.09. The van der Waals surface area contributed by atoms with Gasteiger partial charge in [-0.25, -0.2) is 4.98 Å². The number of hydrogen-bond acceptors (Lipinski definition) is 6. The van der Waals surface area contributed by atoms with E-state index in [1.807, 2.05) is 11.4 Å². The van der Waals surface area contributed by atoms with Gasteiger partial charge in [0.15, 0.2) is 0 Å². The van der Waals surface area contributed by atoms with Crippen LogP contribution in [0.2, 0.25) is 0 Å². The second kappa shape index (κ2) is 7.17. The van der Waals surface area contributed by atoms with Crippen molar-refractivity contribution in [3.63, 3.8) is 0 Å². The Morgan fingerprint density at radius 2 is 2.11 bits per heavy atom. The van der Waals surface area contributed by atoms with Crippen molar-refractivity contribution in [1.82, 2.24) is 4.98 Å². The molecule has 1 aromatic heterocycles. The maximum absolute atomic E-state index is 10.6. The average molecular weight is 388 g/mol. The van der Waals surface area contributed by atoms with Gasteiger partial charge in [0.25, 0.3) is 0 Å². The van der Waals surface area contributed by atoms with Gasteiger partial charge < -0.3 is 19.7 Å². The van der Waals surface area contributed by atoms with Crippen LogP contribution in [0.4, 0.5) is 0 Å². The number of fused-ring (bicyclic) bond motifs is 2. The van der Waals surface area contributed by atoms with E-state index in [0.29, 0.717) is 24.6 Å². The van der Waals surface area contributed by atoms with Crippen molar-refractivity contribution in [2.24, 2.45) is 11.8 Å². The van der Waals surface area contributed by atoms with Crippen molar-refractivity contribution in [2.75, 3.05) is 6.61 Å². The molecule has 3 aliphatic rings. The number of nitrogens with zero attached hydrogens (tertiary/aromatic N) is 1. The third-order valence-electron chi connectivity index (χ3n) is 6.39. The molecule has 2 fully saturated rings. The lowest BCUT2D eigenvalue weighted by atomic mass is 9.87. The van der Waals surface area contributed by atoms with Crippen molar-refractivity contribution >= 4 is 11.3 Å². The highest BCUT2D eigenvalue weighted by Crippen LogP contribution is 2.46. The number of benzene rings is 1. The molecule has 5 atom stereocenters. The van der Waals surface area contributed by atoms with E-state index in [4.69, 9.17) is 9.47 Å². The molecule has 27 heavy (non-hydrogen) atoms. The summed E-state index contributed by atoms with van der Waals surface area (Å²) >= 11 is 1.55. The standard InChI is InChI=1S/C21H25NO4S/c23-9-14-11-27-21(22-14)19-6-5-16-17(18(24)8-20(16)26-19)10-25-15-4-3-12-1-2-13(12)7-15/h3-4,7,11,16-20,23-24H,1-2,5-6,8-10H2/t16-,17-,18+,19-,20+/m1/s1. The minimum Gasteiger partial charge on any atom is -0.493 e. The van der Waals surface area contributed by atoms with Crippen LogP contribution in [0, 0.1) is 11.8 Å². The van der Waals surface area contributed by atoms with Crippen LogP contribution in [0.3, 0.4) is 0 Å². The molecule has 1 saturated carbocycles. The Labute approximate surface area is 163 Å². The minimum atomic E-state index is -0.380. The van der Waals surface area contributed by atoms with Crippen LogP contribution in [0.15, 0.2) is 23.6 Å². The van der Waals surface area contributed by atoms with Crippen LogP contribution in [-0.4, -0.2) is 34.0 Å². The molecule has 0 bridgehead atoms. The van der Waals surface area contributed by atoms with Crippen LogP contribution in [-0.2, 0) is 24.2 Å². The number of aliphatic hydroxyl groups is 2. The number of aromatic nitrogens is 1. The summed E-state index contributed by atoms with van der Waals surface area (Å²) in [4.78, 5) is 4.46. The van der Waals surface area contributed by atoms with Crippen LogP contribution >= 0.6 is 11.3 Å². The zero-order valence-electron chi connectivity index (χ0n) is 15.2. The normalized spacial score (nSPS) is 31.9. The van der Waals surface area contributed by atoms with Crippen molar-refractivity contribution in [2.45, 2.75) is 57.0 Å². The van der Waals surface area contributed by atoms with Crippen molar-refractivity contribution < 1.29 is 19.7 Å². The molecule has 0 amide bonds. The zero-order valence-corrected chi connectivity index (χ0v) is 16.0. The molecule has 0 unspecified atom stereocenters. The molecule has 6 heteroatoms. The van der Waals surface area contributed by atoms with Crippen molar-refractivity contribution in [3.8, 4) is 5.75 Å². The molecule has 0 radical (unpaired) electrons. The number of hydrogen-bond donors (Lipinski definition) is 2. The Bertz CT molecular complexity index is 822. The van der Waals surface area contributed by atoms with E-state index in [9.17, 15) is 10.2 Å². The topological polar surface area (TPSA) is 71.8 Å². The second-order valence-corrected chi connectivity index (χ2v) is 8.84. The molecule has 2 aliphatic carbocycles. The molecule has 1 aliphatic heterocycles. The fourth-order valence-electron chi connectivity index (χ4n) is 4.74. The maximum atomic E-state index is 10.6. The lowest BCUT2D eigenvalue weighted by Crippen LogP contribution is -2.33. The second-order valence-electron chi connectivity index (χ2n) is 7.95. The summed E-state index contributed by atoms with van der Waals surface area (Å²) in [7, 11) is 0. The van der Waals surface area contributed by atoms with Crippen molar-refractivity contribution in [1.29, 1.82) is 0 Å². The Morgan fingerprint density at radius 3 is 2.85 bits per heavy atom. The SMILES string of the molecule is OCc1csc([C@H]2CC[C@@H]3[C@@H](COc4ccc5c(c4)CC5)[C@@H](O)C[C@@H]3O2)n1. The van der Waals surface area contributed by atoms with Crippen LogP contribution in [0.1, 0.15) is 47.2 Å². The van der Waals surface area contributed by atoms with Crippen LogP contribution in [0.25, 0.3) is 0 Å². The Balaban J connectivity index is 1.22. The van der Waals surface area contributed by atoms with Gasteiger partial charge in [0.05, 0.1) is 31.1 Å². The van der Waals surface area contributed by atoms with E-state index in [0.717, 1.165) is 30.0 Å². The van der Waals surface area contributed by atoms with Gasteiger partial charge in [-0.05, 0) is 54.9 Å². The number of ether oxygens (including phenoxy) is 2. The first-order valence-corrected chi connectivity index (χ1v) is 10.7. The van der Waals surface area contributed by atoms with Crippen molar-refractivity contribution in [3.05, 3.63) is 45.4 Å². The molecule has 2 heterocycles. The van der Waals surface area contributed by atoms with Gasteiger partial charge in [0, 0.05) is 17.7 Å². The predicted molar refractivity (Wildman–Crippen MR) is 102 cm³/mol. The molecule has 0 spiro atoms. The fraction of sp³-hybridized carbons (Fsp3) is 0.571. The van der Waals surface area contributed by atoms with E-state index < -0.39 is 0 Å².